The highest BCUT2D eigenvalue weighted by Gasteiger charge is 2.19. The molecule has 1 aromatic rings. The Bertz CT molecular complexity index is 598. The van der Waals surface area contributed by atoms with Crippen LogP contribution >= 0.6 is 0 Å². The molecule has 1 rings (SSSR count). The van der Waals surface area contributed by atoms with Crippen LogP contribution in [0.4, 0.5) is 11.4 Å². The normalized spacial score (nSPS) is 11.3. The zero-order valence-electron chi connectivity index (χ0n) is 10.9. The number of nitrogen functional groups attached to an aromatic ring is 1. The first-order valence-electron chi connectivity index (χ1n) is 5.63. The highest BCUT2D eigenvalue weighted by atomic mass is 32.2. The predicted molar refractivity (Wildman–Crippen MR) is 74.0 cm³/mol. The van der Waals surface area contributed by atoms with Gasteiger partial charge in [0.15, 0.2) is 0 Å². The molecule has 106 valence electrons. The van der Waals surface area contributed by atoms with Crippen LogP contribution in [0.5, 0.6) is 0 Å². The van der Waals surface area contributed by atoms with E-state index in [-0.39, 0.29) is 17.1 Å². The summed E-state index contributed by atoms with van der Waals surface area (Å²) in [5.74, 6) is -0.513. The molecule has 1 amide bonds. The second-order valence-electron chi connectivity index (χ2n) is 4.19. The first-order valence-corrected chi connectivity index (χ1v) is 7.17. The number of likely N-dealkylation sites (N-methyl/N-ethyl adjacent to an activating group) is 1. The number of hydrogen-bond donors (Lipinski definition) is 3. The Morgan fingerprint density at radius 1 is 1.37 bits per heavy atom. The minimum absolute atomic E-state index is 0.0230. The summed E-state index contributed by atoms with van der Waals surface area (Å²) in [5.41, 5.74) is 12.1. The molecule has 0 radical (unpaired) electrons. The van der Waals surface area contributed by atoms with Crippen molar-refractivity contribution in [2.45, 2.75) is 18.7 Å². The number of primary amides is 1. The second kappa shape index (κ2) is 5.45. The molecule has 0 aliphatic rings. The number of amides is 1. The van der Waals surface area contributed by atoms with Gasteiger partial charge in [-0.3, -0.25) is 4.79 Å². The van der Waals surface area contributed by atoms with Crippen LogP contribution in [0.2, 0.25) is 0 Å². The van der Waals surface area contributed by atoms with Crippen LogP contribution in [0, 0.1) is 6.92 Å². The van der Waals surface area contributed by atoms with Crippen LogP contribution in [0.25, 0.3) is 0 Å². The molecule has 8 heteroatoms. The molecule has 0 aliphatic carbocycles. The van der Waals surface area contributed by atoms with Crippen LogP contribution in [-0.4, -0.2) is 27.4 Å². The van der Waals surface area contributed by atoms with Gasteiger partial charge in [-0.15, -0.1) is 0 Å². The van der Waals surface area contributed by atoms with Gasteiger partial charge in [-0.2, -0.15) is 0 Å². The van der Waals surface area contributed by atoms with Crippen LogP contribution in [0.15, 0.2) is 17.0 Å². The molecule has 1 aromatic carbocycles. The third-order valence-electron chi connectivity index (χ3n) is 2.73. The van der Waals surface area contributed by atoms with Crippen molar-refractivity contribution < 1.29 is 13.2 Å². The minimum Gasteiger partial charge on any atom is -0.399 e. The van der Waals surface area contributed by atoms with E-state index in [0.29, 0.717) is 17.8 Å². The maximum atomic E-state index is 11.5. The van der Waals surface area contributed by atoms with Gasteiger partial charge < -0.3 is 16.4 Å². The molecular formula is C11H18N4O3S. The number of hydrogen-bond acceptors (Lipinski definition) is 5. The number of rotatable bonds is 5. The molecule has 0 fully saturated rings. The van der Waals surface area contributed by atoms with Crippen molar-refractivity contribution in [2.75, 3.05) is 23.7 Å². The topological polar surface area (TPSA) is 133 Å². The Morgan fingerprint density at radius 2 is 1.95 bits per heavy atom. The Labute approximate surface area is 112 Å². The fourth-order valence-corrected chi connectivity index (χ4v) is 2.70. The molecule has 0 aromatic heterocycles. The van der Waals surface area contributed by atoms with Crippen molar-refractivity contribution in [1.82, 2.24) is 0 Å². The average molecular weight is 286 g/mol. The quantitative estimate of drug-likeness (QED) is 0.630. The van der Waals surface area contributed by atoms with Crippen LogP contribution in [0.1, 0.15) is 12.5 Å². The highest BCUT2D eigenvalue weighted by Crippen LogP contribution is 2.28. The van der Waals surface area contributed by atoms with E-state index in [2.05, 4.69) is 0 Å². The van der Waals surface area contributed by atoms with Gasteiger partial charge >= 0.3 is 0 Å². The first-order chi connectivity index (χ1) is 8.66. The maximum absolute atomic E-state index is 11.5. The lowest BCUT2D eigenvalue weighted by molar-refractivity contribution is -0.116. The molecule has 7 nitrogen and oxygen atoms in total. The number of benzene rings is 1. The molecule has 0 spiro atoms. The van der Waals surface area contributed by atoms with Crippen molar-refractivity contribution in [3.8, 4) is 0 Å². The Balaban J connectivity index is 3.43. The van der Waals surface area contributed by atoms with Crippen molar-refractivity contribution in [3.05, 3.63) is 17.7 Å². The fraction of sp³-hybridized carbons (Fsp3) is 0.364. The van der Waals surface area contributed by atoms with E-state index in [9.17, 15) is 13.2 Å². The van der Waals surface area contributed by atoms with Gasteiger partial charge in [-0.25, -0.2) is 13.6 Å². The molecule has 0 saturated heterocycles. The lowest BCUT2D eigenvalue weighted by Crippen LogP contribution is -2.34. The molecular weight excluding hydrogens is 268 g/mol. The number of nitrogens with zero attached hydrogens (tertiary/aromatic N) is 1. The van der Waals surface area contributed by atoms with Crippen molar-refractivity contribution >= 4 is 27.3 Å². The summed E-state index contributed by atoms with van der Waals surface area (Å²) in [6, 6.07) is 2.89. The van der Waals surface area contributed by atoms with Crippen molar-refractivity contribution in [2.24, 2.45) is 10.9 Å². The summed E-state index contributed by atoms with van der Waals surface area (Å²) in [5, 5.41) is 5.14. The van der Waals surface area contributed by atoms with Crippen molar-refractivity contribution in [3.63, 3.8) is 0 Å². The molecule has 0 aliphatic heterocycles. The van der Waals surface area contributed by atoms with Gasteiger partial charge in [0, 0.05) is 17.9 Å². The standard InChI is InChI=1S/C11H18N4O3S/c1-3-15(6-11(13)16)9-4-8(12)5-10(7(9)2)19(14,17)18/h4-5H,3,6,12H2,1-2H3,(H2,13,16)(H2,14,17,18). The van der Waals surface area contributed by atoms with Gasteiger partial charge in [0.25, 0.3) is 0 Å². The molecule has 0 saturated carbocycles. The monoisotopic (exact) mass is 286 g/mol. The summed E-state index contributed by atoms with van der Waals surface area (Å²) in [7, 11) is -3.87. The molecule has 6 N–H and O–H groups in total. The number of sulfonamides is 1. The summed E-state index contributed by atoms with van der Waals surface area (Å²) in [4.78, 5) is 12.6. The Morgan fingerprint density at radius 3 is 2.37 bits per heavy atom. The van der Waals surface area contributed by atoms with Gasteiger partial charge in [-0.1, -0.05) is 0 Å². The van der Waals surface area contributed by atoms with Gasteiger partial charge in [-0.05, 0) is 31.5 Å². The highest BCUT2D eigenvalue weighted by molar-refractivity contribution is 7.89. The predicted octanol–water partition coefficient (Wildman–Crippen LogP) is -0.464. The van der Waals surface area contributed by atoms with Crippen LogP contribution in [-0.2, 0) is 14.8 Å². The van der Waals surface area contributed by atoms with E-state index < -0.39 is 15.9 Å². The molecule has 0 heterocycles. The molecule has 0 bridgehead atoms. The zero-order chi connectivity index (χ0) is 14.8. The average Bonchev–Trinajstić information content (AvgIpc) is 2.27. The number of carbonyl (C=O) groups excluding carboxylic acids is 1. The zero-order valence-corrected chi connectivity index (χ0v) is 11.7. The molecule has 0 atom stereocenters. The summed E-state index contributed by atoms with van der Waals surface area (Å²) >= 11 is 0. The largest absolute Gasteiger partial charge is 0.399 e. The molecule has 0 unspecified atom stereocenters. The fourth-order valence-electron chi connectivity index (χ4n) is 1.87. The second-order valence-corrected chi connectivity index (χ2v) is 5.72. The Hall–Kier alpha value is -1.80. The van der Waals surface area contributed by atoms with E-state index in [0.717, 1.165) is 0 Å². The summed E-state index contributed by atoms with van der Waals surface area (Å²) in [6.07, 6.45) is 0. The first kappa shape index (κ1) is 15.3. The van der Waals surface area contributed by atoms with Crippen LogP contribution in [0.3, 0.4) is 0 Å². The van der Waals surface area contributed by atoms with E-state index in [1.165, 1.54) is 6.07 Å². The molecule has 19 heavy (non-hydrogen) atoms. The number of primary sulfonamides is 1. The smallest absolute Gasteiger partial charge is 0.238 e. The maximum Gasteiger partial charge on any atom is 0.238 e. The van der Waals surface area contributed by atoms with Gasteiger partial charge in [0.1, 0.15) is 0 Å². The third kappa shape index (κ3) is 3.58. The lowest BCUT2D eigenvalue weighted by atomic mass is 10.1. The van der Waals surface area contributed by atoms with Crippen LogP contribution < -0.4 is 21.5 Å². The van der Waals surface area contributed by atoms with Gasteiger partial charge in [0.2, 0.25) is 15.9 Å². The summed E-state index contributed by atoms with van der Waals surface area (Å²) < 4.78 is 23.0. The number of anilines is 2. The van der Waals surface area contributed by atoms with E-state index in [1.54, 1.807) is 17.9 Å². The number of nitrogens with two attached hydrogens (primary N) is 3. The number of carbonyl (C=O) groups is 1. The SMILES string of the molecule is CCN(CC(N)=O)c1cc(N)cc(S(N)(=O)=O)c1C. The minimum atomic E-state index is -3.87. The van der Waals surface area contributed by atoms with Gasteiger partial charge in [0.05, 0.1) is 11.4 Å². The van der Waals surface area contributed by atoms with E-state index in [1.807, 2.05) is 6.92 Å². The summed E-state index contributed by atoms with van der Waals surface area (Å²) in [6.45, 7) is 3.89. The van der Waals surface area contributed by atoms with E-state index in [4.69, 9.17) is 16.6 Å². The third-order valence-corrected chi connectivity index (χ3v) is 3.77. The Kier molecular flexibility index (Phi) is 4.38. The van der Waals surface area contributed by atoms with E-state index >= 15 is 0 Å². The lowest BCUT2D eigenvalue weighted by Gasteiger charge is -2.24. The van der Waals surface area contributed by atoms with Crippen molar-refractivity contribution in [1.29, 1.82) is 0 Å².